The van der Waals surface area contributed by atoms with Crippen LogP contribution >= 0.6 is 0 Å². The third kappa shape index (κ3) is 3.00. The van der Waals surface area contributed by atoms with Crippen molar-refractivity contribution in [2.24, 2.45) is 0 Å². The van der Waals surface area contributed by atoms with Crippen LogP contribution in [0.25, 0.3) is 0 Å². The lowest BCUT2D eigenvalue weighted by Gasteiger charge is -2.06. The molecule has 1 heterocycles. The SMILES string of the molecule is COc1cccc(NC(=O)Cn2cnnn2)c1. The molecule has 7 nitrogen and oxygen atoms in total. The molecule has 0 aliphatic rings. The van der Waals surface area contributed by atoms with Crippen molar-refractivity contribution >= 4 is 11.6 Å². The van der Waals surface area contributed by atoms with Gasteiger partial charge < -0.3 is 10.1 Å². The molecule has 0 unspecified atom stereocenters. The number of ether oxygens (including phenoxy) is 1. The van der Waals surface area contributed by atoms with Gasteiger partial charge in [-0.05, 0) is 22.6 Å². The Morgan fingerprint density at radius 2 is 2.41 bits per heavy atom. The van der Waals surface area contributed by atoms with Crippen molar-refractivity contribution in [3.8, 4) is 5.75 Å². The zero-order valence-corrected chi connectivity index (χ0v) is 9.20. The molecular weight excluding hydrogens is 222 g/mol. The maximum atomic E-state index is 11.6. The Morgan fingerprint density at radius 3 is 3.12 bits per heavy atom. The number of amides is 1. The smallest absolute Gasteiger partial charge is 0.246 e. The summed E-state index contributed by atoms with van der Waals surface area (Å²) in [5.74, 6) is 0.482. The fourth-order valence-corrected chi connectivity index (χ4v) is 1.30. The number of methoxy groups -OCH3 is 1. The highest BCUT2D eigenvalue weighted by Gasteiger charge is 2.04. The summed E-state index contributed by atoms with van der Waals surface area (Å²) in [6, 6.07) is 7.11. The summed E-state index contributed by atoms with van der Waals surface area (Å²) < 4.78 is 6.40. The van der Waals surface area contributed by atoms with Gasteiger partial charge in [0.15, 0.2) is 0 Å². The molecule has 2 aromatic rings. The van der Waals surface area contributed by atoms with Crippen LogP contribution in [0.4, 0.5) is 5.69 Å². The van der Waals surface area contributed by atoms with E-state index in [1.54, 1.807) is 31.4 Å². The first-order chi connectivity index (χ1) is 8.28. The van der Waals surface area contributed by atoms with Crippen molar-refractivity contribution in [2.45, 2.75) is 6.54 Å². The normalized spacial score (nSPS) is 9.94. The predicted molar refractivity (Wildman–Crippen MR) is 59.4 cm³/mol. The highest BCUT2D eigenvalue weighted by Crippen LogP contribution is 2.16. The van der Waals surface area contributed by atoms with Crippen molar-refractivity contribution in [2.75, 3.05) is 12.4 Å². The zero-order valence-electron chi connectivity index (χ0n) is 9.20. The number of hydrogen-bond acceptors (Lipinski definition) is 5. The van der Waals surface area contributed by atoms with E-state index in [9.17, 15) is 4.79 Å². The van der Waals surface area contributed by atoms with Gasteiger partial charge in [0, 0.05) is 11.8 Å². The summed E-state index contributed by atoms with van der Waals surface area (Å²) in [4.78, 5) is 11.6. The summed E-state index contributed by atoms with van der Waals surface area (Å²) >= 11 is 0. The van der Waals surface area contributed by atoms with Gasteiger partial charge in [-0.15, -0.1) is 5.10 Å². The molecule has 0 aliphatic heterocycles. The molecule has 0 saturated carbocycles. The van der Waals surface area contributed by atoms with Crippen LogP contribution in [0.5, 0.6) is 5.75 Å². The maximum absolute atomic E-state index is 11.6. The van der Waals surface area contributed by atoms with E-state index in [1.807, 2.05) is 0 Å². The van der Waals surface area contributed by atoms with E-state index in [0.717, 1.165) is 0 Å². The van der Waals surface area contributed by atoms with Crippen LogP contribution in [-0.4, -0.2) is 33.2 Å². The van der Waals surface area contributed by atoms with Crippen molar-refractivity contribution in [3.63, 3.8) is 0 Å². The fourth-order valence-electron chi connectivity index (χ4n) is 1.30. The van der Waals surface area contributed by atoms with Gasteiger partial charge in [0.1, 0.15) is 18.6 Å². The molecule has 0 atom stereocenters. The average Bonchev–Trinajstić information content (AvgIpc) is 2.82. The summed E-state index contributed by atoms with van der Waals surface area (Å²) in [5.41, 5.74) is 0.669. The summed E-state index contributed by atoms with van der Waals surface area (Å²) in [6.45, 7) is 0.0736. The van der Waals surface area contributed by atoms with E-state index in [0.29, 0.717) is 11.4 Å². The van der Waals surface area contributed by atoms with Crippen LogP contribution in [-0.2, 0) is 11.3 Å². The van der Waals surface area contributed by atoms with Crippen LogP contribution in [0.2, 0.25) is 0 Å². The van der Waals surface area contributed by atoms with Crippen molar-refractivity contribution in [1.29, 1.82) is 0 Å². The molecule has 0 bridgehead atoms. The Hall–Kier alpha value is -2.44. The Kier molecular flexibility index (Phi) is 3.29. The lowest BCUT2D eigenvalue weighted by Crippen LogP contribution is -2.19. The zero-order chi connectivity index (χ0) is 12.1. The molecular formula is C10H11N5O2. The molecule has 0 aliphatic carbocycles. The molecule has 2 rings (SSSR count). The van der Waals surface area contributed by atoms with E-state index in [2.05, 4.69) is 20.8 Å². The Bertz CT molecular complexity index is 497. The number of nitrogens with one attached hydrogen (secondary N) is 1. The maximum Gasteiger partial charge on any atom is 0.246 e. The lowest BCUT2D eigenvalue weighted by molar-refractivity contribution is -0.116. The third-order valence-corrected chi connectivity index (χ3v) is 2.05. The minimum absolute atomic E-state index is 0.0736. The standard InChI is InChI=1S/C10H11N5O2/c1-17-9-4-2-3-8(5-9)12-10(16)6-15-7-11-13-14-15/h2-5,7H,6H2,1H3,(H,12,16). The number of hydrogen-bond donors (Lipinski definition) is 1. The molecule has 1 amide bonds. The van der Waals surface area contributed by atoms with Crippen molar-refractivity contribution in [1.82, 2.24) is 20.2 Å². The van der Waals surface area contributed by atoms with E-state index in [-0.39, 0.29) is 12.5 Å². The van der Waals surface area contributed by atoms with Gasteiger partial charge in [0.2, 0.25) is 5.91 Å². The third-order valence-electron chi connectivity index (χ3n) is 2.05. The highest BCUT2D eigenvalue weighted by atomic mass is 16.5. The largest absolute Gasteiger partial charge is 0.497 e. The van der Waals surface area contributed by atoms with Gasteiger partial charge >= 0.3 is 0 Å². The van der Waals surface area contributed by atoms with E-state index in [4.69, 9.17) is 4.74 Å². The second-order valence-corrected chi connectivity index (χ2v) is 3.29. The summed E-state index contributed by atoms with van der Waals surface area (Å²) in [7, 11) is 1.57. The Labute approximate surface area is 97.4 Å². The van der Waals surface area contributed by atoms with Crippen LogP contribution in [0.15, 0.2) is 30.6 Å². The molecule has 1 aromatic carbocycles. The molecule has 7 heteroatoms. The topological polar surface area (TPSA) is 81.9 Å². The molecule has 88 valence electrons. The second-order valence-electron chi connectivity index (χ2n) is 3.29. The minimum atomic E-state index is -0.203. The first kappa shape index (κ1) is 11.1. The number of carbonyl (C=O) groups is 1. The van der Waals surface area contributed by atoms with Crippen LogP contribution in [0.3, 0.4) is 0 Å². The van der Waals surface area contributed by atoms with E-state index < -0.39 is 0 Å². The first-order valence-corrected chi connectivity index (χ1v) is 4.92. The number of tetrazole rings is 1. The molecule has 17 heavy (non-hydrogen) atoms. The van der Waals surface area contributed by atoms with E-state index in [1.165, 1.54) is 11.0 Å². The van der Waals surface area contributed by atoms with Gasteiger partial charge in [-0.3, -0.25) is 4.79 Å². The van der Waals surface area contributed by atoms with Gasteiger partial charge in [-0.25, -0.2) is 4.68 Å². The number of rotatable bonds is 4. The Morgan fingerprint density at radius 1 is 1.53 bits per heavy atom. The number of anilines is 1. The predicted octanol–water partition coefficient (Wildman–Crippen LogP) is 0.320. The number of aromatic nitrogens is 4. The van der Waals surface area contributed by atoms with Crippen molar-refractivity contribution < 1.29 is 9.53 Å². The first-order valence-electron chi connectivity index (χ1n) is 4.92. The molecule has 0 saturated heterocycles. The highest BCUT2D eigenvalue weighted by molar-refractivity contribution is 5.90. The number of nitrogens with zero attached hydrogens (tertiary/aromatic N) is 4. The summed E-state index contributed by atoms with van der Waals surface area (Å²) in [5, 5.41) is 13.2. The quantitative estimate of drug-likeness (QED) is 0.822. The van der Waals surface area contributed by atoms with Crippen LogP contribution in [0.1, 0.15) is 0 Å². The Balaban J connectivity index is 1.98. The average molecular weight is 233 g/mol. The second kappa shape index (κ2) is 5.06. The lowest BCUT2D eigenvalue weighted by atomic mass is 10.3. The number of benzene rings is 1. The monoisotopic (exact) mass is 233 g/mol. The van der Waals surface area contributed by atoms with Crippen LogP contribution in [0, 0.1) is 0 Å². The van der Waals surface area contributed by atoms with Gasteiger partial charge in [-0.1, -0.05) is 6.07 Å². The minimum Gasteiger partial charge on any atom is -0.497 e. The van der Waals surface area contributed by atoms with Gasteiger partial charge in [-0.2, -0.15) is 0 Å². The molecule has 0 radical (unpaired) electrons. The van der Waals surface area contributed by atoms with Gasteiger partial charge in [0.05, 0.1) is 7.11 Å². The molecule has 1 aromatic heterocycles. The van der Waals surface area contributed by atoms with Crippen molar-refractivity contribution in [3.05, 3.63) is 30.6 Å². The van der Waals surface area contributed by atoms with Crippen LogP contribution < -0.4 is 10.1 Å². The fraction of sp³-hybridized carbons (Fsp3) is 0.200. The van der Waals surface area contributed by atoms with Gasteiger partial charge in [0.25, 0.3) is 0 Å². The number of carbonyl (C=O) groups excluding carboxylic acids is 1. The van der Waals surface area contributed by atoms with E-state index >= 15 is 0 Å². The molecule has 1 N–H and O–H groups in total. The molecule has 0 fully saturated rings. The molecule has 0 spiro atoms. The summed E-state index contributed by atoms with van der Waals surface area (Å²) in [6.07, 6.45) is 1.38.